The molecule has 104 valence electrons. The van der Waals surface area contributed by atoms with Crippen LogP contribution in [0, 0.1) is 0 Å². The quantitative estimate of drug-likeness (QED) is 0.779. The van der Waals surface area contributed by atoms with Crippen molar-refractivity contribution < 1.29 is 13.2 Å². The molecule has 6 nitrogen and oxygen atoms in total. The van der Waals surface area contributed by atoms with E-state index < -0.39 is 9.84 Å². The van der Waals surface area contributed by atoms with Crippen molar-refractivity contribution in [1.82, 2.24) is 4.90 Å². The van der Waals surface area contributed by atoms with Gasteiger partial charge in [-0.3, -0.25) is 4.79 Å². The van der Waals surface area contributed by atoms with Gasteiger partial charge in [0.15, 0.2) is 9.84 Å². The van der Waals surface area contributed by atoms with E-state index in [-0.39, 0.29) is 16.8 Å². The fourth-order valence-electron chi connectivity index (χ4n) is 2.05. The van der Waals surface area contributed by atoms with Gasteiger partial charge in [0.1, 0.15) is 6.04 Å². The third-order valence-corrected chi connectivity index (χ3v) is 4.32. The van der Waals surface area contributed by atoms with Gasteiger partial charge < -0.3 is 16.0 Å². The molecule has 0 bridgehead atoms. The molecule has 1 saturated heterocycles. The summed E-state index contributed by atoms with van der Waals surface area (Å²) in [4.78, 5) is 13.6. The first-order valence-electron chi connectivity index (χ1n) is 5.90. The zero-order valence-electron chi connectivity index (χ0n) is 10.9. The highest BCUT2D eigenvalue weighted by Crippen LogP contribution is 2.25. The molecule has 19 heavy (non-hydrogen) atoms. The number of likely N-dealkylation sites (tertiary alicyclic amines) is 1. The van der Waals surface area contributed by atoms with Crippen molar-refractivity contribution in [2.24, 2.45) is 0 Å². The van der Waals surface area contributed by atoms with Crippen LogP contribution in [0.15, 0.2) is 23.1 Å². The van der Waals surface area contributed by atoms with Gasteiger partial charge in [-0.25, -0.2) is 8.42 Å². The Morgan fingerprint density at radius 3 is 2.58 bits per heavy atom. The van der Waals surface area contributed by atoms with Crippen LogP contribution in [0.1, 0.15) is 6.42 Å². The fraction of sp³-hybridized carbons (Fsp3) is 0.417. The van der Waals surface area contributed by atoms with E-state index in [1.54, 1.807) is 18.0 Å². The summed E-state index contributed by atoms with van der Waals surface area (Å²) in [6.07, 6.45) is 1.84. The highest BCUT2D eigenvalue weighted by atomic mass is 32.2. The second-order valence-corrected chi connectivity index (χ2v) is 6.78. The number of rotatable bonds is 3. The highest BCUT2D eigenvalue weighted by Gasteiger charge is 2.29. The molecule has 1 aliphatic rings. The number of hydrogen-bond acceptors (Lipinski definition) is 5. The van der Waals surface area contributed by atoms with Crippen LogP contribution in [0.2, 0.25) is 0 Å². The summed E-state index contributed by atoms with van der Waals surface area (Å²) in [7, 11) is -1.52. The zero-order valence-corrected chi connectivity index (χ0v) is 11.7. The molecule has 1 fully saturated rings. The van der Waals surface area contributed by atoms with Crippen molar-refractivity contribution in [1.29, 1.82) is 0 Å². The second kappa shape index (κ2) is 4.73. The molecular weight excluding hydrogens is 266 g/mol. The zero-order chi connectivity index (χ0) is 14.2. The van der Waals surface area contributed by atoms with E-state index in [1.807, 2.05) is 0 Å². The van der Waals surface area contributed by atoms with Crippen LogP contribution in [0.25, 0.3) is 0 Å². The van der Waals surface area contributed by atoms with E-state index in [0.717, 1.165) is 6.26 Å². The van der Waals surface area contributed by atoms with E-state index in [1.165, 1.54) is 12.1 Å². The van der Waals surface area contributed by atoms with Crippen molar-refractivity contribution >= 4 is 27.1 Å². The maximum Gasteiger partial charge on any atom is 0.244 e. The van der Waals surface area contributed by atoms with Crippen molar-refractivity contribution in [3.8, 4) is 0 Å². The van der Waals surface area contributed by atoms with Gasteiger partial charge in [-0.15, -0.1) is 0 Å². The Bertz CT molecular complexity index is 613. The Hall–Kier alpha value is -1.76. The molecule has 1 aliphatic heterocycles. The molecule has 0 aromatic heterocycles. The first-order chi connectivity index (χ1) is 8.79. The summed E-state index contributed by atoms with van der Waals surface area (Å²) in [5, 5.41) is 3.06. The number of nitrogens with one attached hydrogen (secondary N) is 1. The van der Waals surface area contributed by atoms with Gasteiger partial charge in [0.25, 0.3) is 0 Å². The summed E-state index contributed by atoms with van der Waals surface area (Å²) in [6.45, 7) is 0.706. The number of nitrogen functional groups attached to an aromatic ring is 1. The second-order valence-electron chi connectivity index (χ2n) is 4.77. The third-order valence-electron chi connectivity index (χ3n) is 3.21. The minimum absolute atomic E-state index is 0.0200. The molecule has 1 aromatic carbocycles. The third kappa shape index (κ3) is 2.81. The normalized spacial score (nSPS) is 19.8. The van der Waals surface area contributed by atoms with Crippen LogP contribution >= 0.6 is 0 Å². The summed E-state index contributed by atoms with van der Waals surface area (Å²) in [5.41, 5.74) is 6.73. The number of anilines is 2. The number of amides is 1. The molecule has 1 unspecified atom stereocenters. The van der Waals surface area contributed by atoms with Gasteiger partial charge in [-0.2, -0.15) is 0 Å². The number of hydrogen-bond donors (Lipinski definition) is 2. The lowest BCUT2D eigenvalue weighted by molar-refractivity contribution is -0.127. The first kappa shape index (κ1) is 13.7. The number of nitrogens with zero attached hydrogens (tertiary/aromatic N) is 1. The molecule has 0 radical (unpaired) electrons. The Labute approximate surface area is 112 Å². The fourth-order valence-corrected chi connectivity index (χ4v) is 2.70. The Morgan fingerprint density at radius 1 is 1.42 bits per heavy atom. The SMILES string of the molecule is CN1CCC(Nc2ccc(S(C)(=O)=O)cc2N)C1=O. The van der Waals surface area contributed by atoms with Gasteiger partial charge in [0.2, 0.25) is 5.91 Å². The molecular formula is C12H17N3O3S. The van der Waals surface area contributed by atoms with Gasteiger partial charge in [-0.05, 0) is 24.6 Å². The molecule has 2 rings (SSSR count). The van der Waals surface area contributed by atoms with Gasteiger partial charge in [-0.1, -0.05) is 0 Å². The van der Waals surface area contributed by atoms with Crippen molar-refractivity contribution in [3.05, 3.63) is 18.2 Å². The Balaban J connectivity index is 2.21. The highest BCUT2D eigenvalue weighted by molar-refractivity contribution is 7.90. The summed E-state index contributed by atoms with van der Waals surface area (Å²) >= 11 is 0. The van der Waals surface area contributed by atoms with E-state index in [4.69, 9.17) is 5.73 Å². The largest absolute Gasteiger partial charge is 0.397 e. The number of likely N-dealkylation sites (N-methyl/N-ethyl adjacent to an activating group) is 1. The van der Waals surface area contributed by atoms with Gasteiger partial charge >= 0.3 is 0 Å². The van der Waals surface area contributed by atoms with E-state index >= 15 is 0 Å². The van der Waals surface area contributed by atoms with Crippen molar-refractivity contribution in [2.45, 2.75) is 17.4 Å². The monoisotopic (exact) mass is 283 g/mol. The van der Waals surface area contributed by atoms with Crippen molar-refractivity contribution in [2.75, 3.05) is 30.9 Å². The maximum absolute atomic E-state index is 11.8. The van der Waals surface area contributed by atoms with Crippen LogP contribution in [0.3, 0.4) is 0 Å². The summed E-state index contributed by atoms with van der Waals surface area (Å²) in [5.74, 6) is 0.0200. The average Bonchev–Trinajstić information content (AvgIpc) is 2.62. The predicted molar refractivity (Wildman–Crippen MR) is 73.6 cm³/mol. The number of sulfone groups is 1. The topological polar surface area (TPSA) is 92.5 Å². The summed E-state index contributed by atoms with van der Waals surface area (Å²) in [6, 6.07) is 4.19. The van der Waals surface area contributed by atoms with E-state index in [0.29, 0.717) is 24.3 Å². The molecule has 0 aliphatic carbocycles. The van der Waals surface area contributed by atoms with E-state index in [9.17, 15) is 13.2 Å². The van der Waals surface area contributed by atoms with Crippen LogP contribution in [0.4, 0.5) is 11.4 Å². The molecule has 1 heterocycles. The lowest BCUT2D eigenvalue weighted by atomic mass is 10.2. The summed E-state index contributed by atoms with van der Waals surface area (Å²) < 4.78 is 22.8. The lowest BCUT2D eigenvalue weighted by Gasteiger charge is -2.15. The molecule has 3 N–H and O–H groups in total. The molecule has 1 aromatic rings. The Kier molecular flexibility index (Phi) is 3.40. The minimum Gasteiger partial charge on any atom is -0.397 e. The molecule has 1 amide bonds. The van der Waals surface area contributed by atoms with Crippen LogP contribution in [0.5, 0.6) is 0 Å². The van der Waals surface area contributed by atoms with Crippen LogP contribution < -0.4 is 11.1 Å². The average molecular weight is 283 g/mol. The van der Waals surface area contributed by atoms with Crippen LogP contribution in [-0.4, -0.2) is 45.1 Å². The number of carbonyl (C=O) groups excluding carboxylic acids is 1. The maximum atomic E-state index is 11.8. The number of benzene rings is 1. The molecule has 1 atom stereocenters. The Morgan fingerprint density at radius 2 is 2.11 bits per heavy atom. The standard InChI is InChI=1S/C12H17N3O3S/c1-15-6-5-11(12(15)16)14-10-4-3-8(7-9(10)13)19(2,17)18/h3-4,7,11,14H,5-6,13H2,1-2H3. The lowest BCUT2D eigenvalue weighted by Crippen LogP contribution is -2.31. The minimum atomic E-state index is -3.27. The molecule has 0 spiro atoms. The van der Waals surface area contributed by atoms with Gasteiger partial charge in [0.05, 0.1) is 16.3 Å². The van der Waals surface area contributed by atoms with Gasteiger partial charge in [0, 0.05) is 19.8 Å². The van der Waals surface area contributed by atoms with E-state index in [2.05, 4.69) is 5.32 Å². The predicted octanol–water partition coefficient (Wildman–Crippen LogP) is 0.315. The number of nitrogens with two attached hydrogens (primary N) is 1. The smallest absolute Gasteiger partial charge is 0.244 e. The van der Waals surface area contributed by atoms with Crippen LogP contribution in [-0.2, 0) is 14.6 Å². The molecule has 0 saturated carbocycles. The molecule has 7 heteroatoms. The first-order valence-corrected chi connectivity index (χ1v) is 7.79. The number of carbonyl (C=O) groups is 1. The van der Waals surface area contributed by atoms with Crippen molar-refractivity contribution in [3.63, 3.8) is 0 Å².